The van der Waals surface area contributed by atoms with E-state index in [0.717, 1.165) is 0 Å². The number of nitrogen functional groups attached to an aromatic ring is 1. The quantitative estimate of drug-likeness (QED) is 0.454. The predicted molar refractivity (Wildman–Crippen MR) is 124 cm³/mol. The second-order valence-electron chi connectivity index (χ2n) is 7.71. The number of nitrogens with zero attached hydrogens (tertiary/aromatic N) is 8. The van der Waals surface area contributed by atoms with E-state index >= 15 is 0 Å². The molecule has 3 aromatic heterocycles. The Labute approximate surface area is 198 Å². The molecule has 4 aromatic rings. The van der Waals surface area contributed by atoms with Crippen LogP contribution in [0.3, 0.4) is 0 Å². The number of rotatable bonds is 5. The molecule has 1 fully saturated rings. The molecule has 34 heavy (non-hydrogen) atoms. The zero-order valence-electron chi connectivity index (χ0n) is 18.2. The summed E-state index contributed by atoms with van der Waals surface area (Å²) in [5.74, 6) is 0.597. The van der Waals surface area contributed by atoms with Crippen molar-refractivity contribution in [1.29, 1.82) is 0 Å². The van der Waals surface area contributed by atoms with Gasteiger partial charge < -0.3 is 20.3 Å². The molecule has 13 heteroatoms. The van der Waals surface area contributed by atoms with Gasteiger partial charge in [0.05, 0.1) is 17.8 Å². The zero-order valence-corrected chi connectivity index (χ0v) is 19.0. The molecule has 5 rings (SSSR count). The number of anilines is 2. The van der Waals surface area contributed by atoms with Crippen molar-refractivity contribution >= 4 is 40.0 Å². The molecule has 11 nitrogen and oxygen atoms in total. The number of hydrogen-bond acceptors (Lipinski definition) is 8. The standard InChI is InChI=1S/C21H21ClFN9O2/c1-34-16-9-15(14(23)8-13(16)22)29-4-6-30(7-5-29)17(33)10-32-20-18(19(24)26-11-27-20)21(28-32)31-3-2-25-12-31/h2-3,8-9,11-12H,4-7,10H2,1H3,(H2,24,26,27). The summed E-state index contributed by atoms with van der Waals surface area (Å²) in [6, 6.07) is 2.81. The summed E-state index contributed by atoms with van der Waals surface area (Å²) in [5, 5.41) is 5.31. The minimum absolute atomic E-state index is 0.0230. The van der Waals surface area contributed by atoms with Gasteiger partial charge in [0.1, 0.15) is 42.0 Å². The number of amides is 1. The van der Waals surface area contributed by atoms with Gasteiger partial charge in [-0.05, 0) is 6.07 Å². The first-order chi connectivity index (χ1) is 16.5. The first-order valence-corrected chi connectivity index (χ1v) is 10.8. The van der Waals surface area contributed by atoms with Gasteiger partial charge in [-0.15, -0.1) is 0 Å². The van der Waals surface area contributed by atoms with Crippen molar-refractivity contribution < 1.29 is 13.9 Å². The van der Waals surface area contributed by atoms with Gasteiger partial charge in [-0.25, -0.2) is 24.0 Å². The summed E-state index contributed by atoms with van der Waals surface area (Å²) in [6.45, 7) is 1.75. The minimum atomic E-state index is -0.433. The molecule has 2 N–H and O–H groups in total. The number of ether oxygens (including phenoxy) is 1. The molecule has 1 aliphatic rings. The van der Waals surface area contributed by atoms with Crippen LogP contribution in [0.25, 0.3) is 16.9 Å². The average molecular weight is 486 g/mol. The molecular formula is C21H21ClFN9O2. The summed E-state index contributed by atoms with van der Waals surface area (Å²) in [7, 11) is 1.48. The summed E-state index contributed by atoms with van der Waals surface area (Å²) >= 11 is 6.00. The van der Waals surface area contributed by atoms with Crippen molar-refractivity contribution in [3.8, 4) is 11.6 Å². The van der Waals surface area contributed by atoms with E-state index in [0.29, 0.717) is 54.5 Å². The number of methoxy groups -OCH3 is 1. The van der Waals surface area contributed by atoms with Crippen molar-refractivity contribution in [3.05, 3.63) is 48.0 Å². The number of benzene rings is 1. The summed E-state index contributed by atoms with van der Waals surface area (Å²) in [5.41, 5.74) is 6.93. The van der Waals surface area contributed by atoms with Crippen LogP contribution in [0.15, 0.2) is 37.2 Å². The van der Waals surface area contributed by atoms with Crippen LogP contribution < -0.4 is 15.4 Å². The van der Waals surface area contributed by atoms with Crippen LogP contribution in [0.1, 0.15) is 0 Å². The molecule has 0 spiro atoms. The van der Waals surface area contributed by atoms with Crippen molar-refractivity contribution in [2.45, 2.75) is 6.54 Å². The van der Waals surface area contributed by atoms with Gasteiger partial charge in [0.2, 0.25) is 5.91 Å². The second-order valence-corrected chi connectivity index (χ2v) is 8.12. The molecule has 0 aliphatic carbocycles. The van der Waals surface area contributed by atoms with Gasteiger partial charge in [-0.1, -0.05) is 11.6 Å². The molecule has 0 radical (unpaired) electrons. The fourth-order valence-corrected chi connectivity index (χ4v) is 4.26. The van der Waals surface area contributed by atoms with E-state index in [2.05, 4.69) is 20.1 Å². The monoisotopic (exact) mass is 485 g/mol. The SMILES string of the molecule is COc1cc(N2CCN(C(=O)Cn3nc(-n4ccnc4)c4c(N)ncnc43)CC2)c(F)cc1Cl. The highest BCUT2D eigenvalue weighted by Crippen LogP contribution is 2.33. The normalized spacial score (nSPS) is 14.1. The number of imidazole rings is 1. The number of piperazine rings is 1. The Bertz CT molecular complexity index is 1350. The topological polar surface area (TPSA) is 120 Å². The Balaban J connectivity index is 1.33. The Hall–Kier alpha value is -3.93. The Morgan fingerprint density at radius 2 is 2.03 bits per heavy atom. The average Bonchev–Trinajstić information content (AvgIpc) is 3.48. The van der Waals surface area contributed by atoms with E-state index in [1.807, 2.05) is 4.90 Å². The van der Waals surface area contributed by atoms with E-state index in [1.165, 1.54) is 24.2 Å². The van der Waals surface area contributed by atoms with Crippen LogP contribution in [0.4, 0.5) is 15.9 Å². The summed E-state index contributed by atoms with van der Waals surface area (Å²) in [6.07, 6.45) is 6.27. The summed E-state index contributed by atoms with van der Waals surface area (Å²) < 4.78 is 22.9. The lowest BCUT2D eigenvalue weighted by Crippen LogP contribution is -2.50. The molecule has 0 unspecified atom stereocenters. The highest BCUT2D eigenvalue weighted by molar-refractivity contribution is 6.32. The van der Waals surface area contributed by atoms with E-state index < -0.39 is 5.82 Å². The molecular weight excluding hydrogens is 465 g/mol. The lowest BCUT2D eigenvalue weighted by Gasteiger charge is -2.36. The fourth-order valence-electron chi connectivity index (χ4n) is 4.03. The third kappa shape index (κ3) is 3.85. The highest BCUT2D eigenvalue weighted by Gasteiger charge is 2.26. The van der Waals surface area contributed by atoms with Gasteiger partial charge >= 0.3 is 0 Å². The highest BCUT2D eigenvalue weighted by atomic mass is 35.5. The largest absolute Gasteiger partial charge is 0.495 e. The van der Waals surface area contributed by atoms with Crippen molar-refractivity contribution in [2.24, 2.45) is 0 Å². The lowest BCUT2D eigenvalue weighted by atomic mass is 10.2. The Morgan fingerprint density at radius 1 is 1.24 bits per heavy atom. The molecule has 0 saturated carbocycles. The van der Waals surface area contributed by atoms with Gasteiger partial charge in [0.15, 0.2) is 11.5 Å². The number of carbonyl (C=O) groups excluding carboxylic acids is 1. The smallest absolute Gasteiger partial charge is 0.244 e. The third-order valence-electron chi connectivity index (χ3n) is 5.77. The fraction of sp³-hybridized carbons (Fsp3) is 0.286. The van der Waals surface area contributed by atoms with Gasteiger partial charge in [0.25, 0.3) is 0 Å². The molecule has 1 saturated heterocycles. The number of halogens is 2. The first-order valence-electron chi connectivity index (χ1n) is 10.5. The van der Waals surface area contributed by atoms with Crippen LogP contribution >= 0.6 is 11.6 Å². The maximum Gasteiger partial charge on any atom is 0.244 e. The van der Waals surface area contributed by atoms with Crippen LogP contribution in [0.5, 0.6) is 5.75 Å². The second kappa shape index (κ2) is 8.78. The minimum Gasteiger partial charge on any atom is -0.495 e. The first kappa shape index (κ1) is 21.9. The van der Waals surface area contributed by atoms with Crippen LogP contribution in [0, 0.1) is 5.82 Å². The molecule has 1 aliphatic heterocycles. The molecule has 1 amide bonds. The van der Waals surface area contributed by atoms with E-state index in [1.54, 1.807) is 34.3 Å². The summed E-state index contributed by atoms with van der Waals surface area (Å²) in [4.78, 5) is 29.1. The van der Waals surface area contributed by atoms with E-state index in [4.69, 9.17) is 22.1 Å². The van der Waals surface area contributed by atoms with Crippen LogP contribution in [0.2, 0.25) is 5.02 Å². The number of aromatic nitrogens is 6. The van der Waals surface area contributed by atoms with Crippen molar-refractivity contribution in [1.82, 2.24) is 34.2 Å². The van der Waals surface area contributed by atoms with Gasteiger partial charge in [-0.2, -0.15) is 5.10 Å². The van der Waals surface area contributed by atoms with Crippen molar-refractivity contribution in [3.63, 3.8) is 0 Å². The predicted octanol–water partition coefficient (Wildman–Crippen LogP) is 1.74. The molecule has 0 bridgehead atoms. The van der Waals surface area contributed by atoms with Gasteiger partial charge in [0, 0.05) is 44.6 Å². The molecule has 1 aromatic carbocycles. The molecule has 176 valence electrons. The Kier molecular flexibility index (Phi) is 5.65. The molecule has 0 atom stereocenters. The van der Waals surface area contributed by atoms with E-state index in [9.17, 15) is 9.18 Å². The van der Waals surface area contributed by atoms with E-state index in [-0.39, 0.29) is 23.3 Å². The van der Waals surface area contributed by atoms with Crippen LogP contribution in [-0.4, -0.2) is 73.4 Å². The maximum absolute atomic E-state index is 14.5. The Morgan fingerprint density at radius 3 is 2.74 bits per heavy atom. The van der Waals surface area contributed by atoms with Crippen LogP contribution in [-0.2, 0) is 11.3 Å². The number of nitrogens with two attached hydrogens (primary N) is 1. The third-order valence-corrected chi connectivity index (χ3v) is 6.06. The number of hydrogen-bond donors (Lipinski definition) is 1. The lowest BCUT2D eigenvalue weighted by molar-refractivity contribution is -0.132. The number of fused-ring (bicyclic) bond motifs is 1. The molecule has 4 heterocycles. The maximum atomic E-state index is 14.5. The zero-order chi connectivity index (χ0) is 23.8. The van der Waals surface area contributed by atoms with Crippen molar-refractivity contribution in [2.75, 3.05) is 43.9 Å². The number of carbonyl (C=O) groups is 1. The van der Waals surface area contributed by atoms with Gasteiger partial charge in [-0.3, -0.25) is 9.36 Å².